The number of nitrogens with one attached hydrogen (secondary N) is 1. The minimum Gasteiger partial charge on any atom is -0.411 e. The summed E-state index contributed by atoms with van der Waals surface area (Å²) in [5.41, 5.74) is 1.99. The molecular formula is C20H17FN4O3S. The van der Waals surface area contributed by atoms with Crippen molar-refractivity contribution in [2.24, 2.45) is 0 Å². The van der Waals surface area contributed by atoms with E-state index in [0.717, 1.165) is 23.9 Å². The summed E-state index contributed by atoms with van der Waals surface area (Å²) in [6, 6.07) is 12.9. The SMILES string of the molecule is O=C(CSc1nnc(-c2ccc(F)cc2)o1)Nc1cccc(N2CCCC2=O)c1. The summed E-state index contributed by atoms with van der Waals surface area (Å²) in [6.45, 7) is 0.694. The molecule has 0 aliphatic carbocycles. The minimum atomic E-state index is -0.349. The zero-order chi connectivity index (χ0) is 20.2. The van der Waals surface area contributed by atoms with Crippen LogP contribution in [0.4, 0.5) is 15.8 Å². The van der Waals surface area contributed by atoms with E-state index in [1.807, 2.05) is 6.07 Å². The van der Waals surface area contributed by atoms with E-state index in [4.69, 9.17) is 4.42 Å². The zero-order valence-electron chi connectivity index (χ0n) is 15.3. The van der Waals surface area contributed by atoms with E-state index in [9.17, 15) is 14.0 Å². The van der Waals surface area contributed by atoms with Crippen LogP contribution in [0.25, 0.3) is 11.5 Å². The lowest BCUT2D eigenvalue weighted by molar-refractivity contribution is -0.117. The molecule has 4 rings (SSSR count). The Labute approximate surface area is 170 Å². The molecule has 1 aromatic heterocycles. The molecule has 3 aromatic rings. The lowest BCUT2D eigenvalue weighted by Crippen LogP contribution is -2.23. The first-order valence-corrected chi connectivity index (χ1v) is 9.99. The number of nitrogens with zero attached hydrogens (tertiary/aromatic N) is 3. The fourth-order valence-corrected chi connectivity index (χ4v) is 3.54. The number of amides is 2. The summed E-state index contributed by atoms with van der Waals surface area (Å²) in [5, 5.41) is 10.9. The van der Waals surface area contributed by atoms with Crippen LogP contribution in [0, 0.1) is 5.82 Å². The number of carbonyl (C=O) groups excluding carboxylic acids is 2. The van der Waals surface area contributed by atoms with Crippen molar-refractivity contribution in [1.29, 1.82) is 0 Å². The van der Waals surface area contributed by atoms with Crippen molar-refractivity contribution in [3.63, 3.8) is 0 Å². The molecule has 2 heterocycles. The normalized spacial score (nSPS) is 13.7. The average molecular weight is 412 g/mol. The Morgan fingerprint density at radius 2 is 2.03 bits per heavy atom. The van der Waals surface area contributed by atoms with E-state index < -0.39 is 0 Å². The molecule has 0 saturated carbocycles. The van der Waals surface area contributed by atoms with Crippen molar-refractivity contribution in [3.05, 3.63) is 54.3 Å². The highest BCUT2D eigenvalue weighted by atomic mass is 32.2. The van der Waals surface area contributed by atoms with Crippen molar-refractivity contribution in [2.75, 3.05) is 22.5 Å². The van der Waals surface area contributed by atoms with Crippen LogP contribution in [-0.4, -0.2) is 34.3 Å². The maximum absolute atomic E-state index is 13.0. The van der Waals surface area contributed by atoms with E-state index >= 15 is 0 Å². The standard InChI is InChI=1S/C20H17FN4O3S/c21-14-8-6-13(7-9-14)19-23-24-20(28-19)29-12-17(26)22-15-3-1-4-16(11-15)25-10-2-5-18(25)27/h1,3-4,6-9,11H,2,5,10,12H2,(H,22,26). The molecule has 1 aliphatic rings. The Kier molecular flexibility index (Phi) is 5.57. The van der Waals surface area contributed by atoms with Gasteiger partial charge in [-0.15, -0.1) is 10.2 Å². The van der Waals surface area contributed by atoms with E-state index in [2.05, 4.69) is 15.5 Å². The number of hydrogen-bond acceptors (Lipinski definition) is 6. The summed E-state index contributed by atoms with van der Waals surface area (Å²) in [4.78, 5) is 25.9. The maximum Gasteiger partial charge on any atom is 0.277 e. The lowest BCUT2D eigenvalue weighted by atomic mass is 10.2. The predicted octanol–water partition coefficient (Wildman–Crippen LogP) is 3.73. The second-order valence-corrected chi connectivity index (χ2v) is 7.34. The fourth-order valence-electron chi connectivity index (χ4n) is 2.97. The van der Waals surface area contributed by atoms with Crippen LogP contribution in [0.2, 0.25) is 0 Å². The molecule has 148 valence electrons. The molecular weight excluding hydrogens is 395 g/mol. The Hall–Kier alpha value is -3.20. The maximum atomic E-state index is 13.0. The van der Waals surface area contributed by atoms with Gasteiger partial charge in [0.15, 0.2) is 0 Å². The number of thioether (sulfide) groups is 1. The molecule has 0 bridgehead atoms. The van der Waals surface area contributed by atoms with Crippen molar-refractivity contribution in [2.45, 2.75) is 18.1 Å². The second-order valence-electron chi connectivity index (χ2n) is 6.42. The van der Waals surface area contributed by atoms with E-state index in [-0.39, 0.29) is 34.5 Å². The summed E-state index contributed by atoms with van der Waals surface area (Å²) in [7, 11) is 0. The Bertz CT molecular complexity index is 1040. The molecule has 2 aromatic carbocycles. The number of carbonyl (C=O) groups is 2. The van der Waals surface area contributed by atoms with Crippen molar-refractivity contribution in [3.8, 4) is 11.5 Å². The number of halogens is 1. The number of anilines is 2. The van der Waals surface area contributed by atoms with Gasteiger partial charge in [0.05, 0.1) is 5.75 Å². The van der Waals surface area contributed by atoms with Crippen LogP contribution in [-0.2, 0) is 9.59 Å². The second kappa shape index (κ2) is 8.44. The molecule has 0 unspecified atom stereocenters. The molecule has 1 fully saturated rings. The monoisotopic (exact) mass is 412 g/mol. The highest BCUT2D eigenvalue weighted by Crippen LogP contribution is 2.26. The number of aromatic nitrogens is 2. The molecule has 0 atom stereocenters. The fraction of sp³-hybridized carbons (Fsp3) is 0.200. The molecule has 1 aliphatic heterocycles. The number of rotatable bonds is 6. The minimum absolute atomic E-state index is 0.0813. The van der Waals surface area contributed by atoms with Crippen LogP contribution in [0.15, 0.2) is 58.2 Å². The van der Waals surface area contributed by atoms with Gasteiger partial charge in [-0.2, -0.15) is 0 Å². The Morgan fingerprint density at radius 1 is 1.21 bits per heavy atom. The predicted molar refractivity (Wildman–Crippen MR) is 107 cm³/mol. The smallest absolute Gasteiger partial charge is 0.277 e. The van der Waals surface area contributed by atoms with Crippen LogP contribution in [0.1, 0.15) is 12.8 Å². The summed E-state index contributed by atoms with van der Waals surface area (Å²) >= 11 is 1.11. The number of benzene rings is 2. The van der Waals surface area contributed by atoms with Crippen molar-refractivity contribution in [1.82, 2.24) is 10.2 Å². The first-order valence-electron chi connectivity index (χ1n) is 9.01. The van der Waals surface area contributed by atoms with E-state index in [0.29, 0.717) is 24.2 Å². The van der Waals surface area contributed by atoms with Crippen molar-refractivity contribution >= 4 is 35.0 Å². The van der Waals surface area contributed by atoms with Gasteiger partial charge in [-0.3, -0.25) is 9.59 Å². The highest BCUT2D eigenvalue weighted by Gasteiger charge is 2.21. The molecule has 7 nitrogen and oxygen atoms in total. The van der Waals surface area contributed by atoms with E-state index in [1.165, 1.54) is 12.1 Å². The summed E-state index contributed by atoms with van der Waals surface area (Å²) < 4.78 is 18.5. The third-order valence-electron chi connectivity index (χ3n) is 4.34. The van der Waals surface area contributed by atoms with Gasteiger partial charge in [0.25, 0.3) is 5.22 Å². The molecule has 1 N–H and O–H groups in total. The van der Waals surface area contributed by atoms with Gasteiger partial charge < -0.3 is 14.6 Å². The first kappa shape index (κ1) is 19.1. The topological polar surface area (TPSA) is 88.3 Å². The third-order valence-corrected chi connectivity index (χ3v) is 5.16. The van der Waals surface area contributed by atoms with Gasteiger partial charge in [-0.25, -0.2) is 4.39 Å². The van der Waals surface area contributed by atoms with Crippen LogP contribution in [0.3, 0.4) is 0 Å². The van der Waals surface area contributed by atoms with Crippen molar-refractivity contribution < 1.29 is 18.4 Å². The lowest BCUT2D eigenvalue weighted by Gasteiger charge is -2.16. The van der Waals surface area contributed by atoms with Gasteiger partial charge in [-0.05, 0) is 48.9 Å². The largest absolute Gasteiger partial charge is 0.411 e. The van der Waals surface area contributed by atoms with Crippen LogP contribution >= 0.6 is 11.8 Å². The average Bonchev–Trinajstić information content (AvgIpc) is 3.36. The van der Waals surface area contributed by atoms with Crippen LogP contribution in [0.5, 0.6) is 0 Å². The van der Waals surface area contributed by atoms with Crippen LogP contribution < -0.4 is 10.2 Å². The third kappa shape index (κ3) is 4.62. The first-order chi connectivity index (χ1) is 14.1. The molecule has 2 amide bonds. The van der Waals surface area contributed by atoms with Gasteiger partial charge in [0, 0.05) is 29.9 Å². The number of hydrogen-bond donors (Lipinski definition) is 1. The van der Waals surface area contributed by atoms with Gasteiger partial charge >= 0.3 is 0 Å². The molecule has 9 heteroatoms. The van der Waals surface area contributed by atoms with Gasteiger partial charge in [0.1, 0.15) is 5.82 Å². The molecule has 0 spiro atoms. The summed E-state index contributed by atoms with van der Waals surface area (Å²) in [6.07, 6.45) is 1.40. The van der Waals surface area contributed by atoms with E-state index in [1.54, 1.807) is 35.2 Å². The van der Waals surface area contributed by atoms with Gasteiger partial charge in [0.2, 0.25) is 17.7 Å². The quantitative estimate of drug-likeness (QED) is 0.621. The highest BCUT2D eigenvalue weighted by molar-refractivity contribution is 7.99. The Morgan fingerprint density at radius 3 is 2.79 bits per heavy atom. The molecule has 0 radical (unpaired) electrons. The zero-order valence-corrected chi connectivity index (χ0v) is 16.1. The van der Waals surface area contributed by atoms with Gasteiger partial charge in [-0.1, -0.05) is 17.8 Å². The molecule has 29 heavy (non-hydrogen) atoms. The Balaban J connectivity index is 1.34. The molecule has 1 saturated heterocycles. The summed E-state index contributed by atoms with van der Waals surface area (Å²) in [5.74, 6) is -0.148.